The summed E-state index contributed by atoms with van der Waals surface area (Å²) in [5, 5.41) is 21.8. The first-order valence-corrected chi connectivity index (χ1v) is 18.9. The fraction of sp³-hybridized carbons (Fsp3) is 0.289. The molecule has 3 aliphatic rings. The van der Waals surface area contributed by atoms with Crippen LogP contribution in [0.25, 0.3) is 11.1 Å². The summed E-state index contributed by atoms with van der Waals surface area (Å²) in [6, 6.07) is 38.3. The number of carbonyl (C=O) groups is 2. The number of aliphatic hydroxyl groups is 2. The topological polar surface area (TPSA) is 99.5 Å². The Morgan fingerprint density at radius 1 is 0.741 bits per heavy atom. The van der Waals surface area contributed by atoms with Gasteiger partial charge in [0.2, 0.25) is 0 Å². The number of likely N-dealkylation sites (tertiary alicyclic amines) is 1. The molecule has 8 nitrogen and oxygen atoms in total. The fourth-order valence-electron chi connectivity index (χ4n) is 8.05. The van der Waals surface area contributed by atoms with Gasteiger partial charge in [0.15, 0.2) is 6.29 Å². The highest BCUT2D eigenvalue weighted by molar-refractivity contribution is 6.30. The smallest absolute Gasteiger partial charge is 0.261 e. The molecular weight excluding hydrogens is 700 g/mol. The fourth-order valence-corrected chi connectivity index (χ4v) is 8.18. The number of piperidine rings is 1. The number of benzene rings is 5. The van der Waals surface area contributed by atoms with Crippen molar-refractivity contribution in [3.05, 3.63) is 165 Å². The summed E-state index contributed by atoms with van der Waals surface area (Å²) >= 11 is 6.11. The van der Waals surface area contributed by atoms with Crippen molar-refractivity contribution in [2.45, 2.75) is 57.0 Å². The summed E-state index contributed by atoms with van der Waals surface area (Å²) in [4.78, 5) is 30.0. The Balaban J connectivity index is 1.01. The van der Waals surface area contributed by atoms with Crippen molar-refractivity contribution in [2.24, 2.45) is 5.92 Å². The molecule has 5 aromatic rings. The first-order valence-electron chi connectivity index (χ1n) is 18.6. The van der Waals surface area contributed by atoms with Crippen molar-refractivity contribution in [2.75, 3.05) is 19.6 Å². The standard InChI is InChI=1S/C45H43ClN2O6/c1-29-40(27-47-24-22-45(52,23-25-47)35-18-20-36(46)21-19-35)53-44(54-41(29)32-12-10-30(28-49)11-13-32)33-16-14-31(15-17-33)37-7-3-2-6-34(37)26-48-42(50)38-8-4-5-9-39(38)43(48)51/h2-21,29,40-41,44,49,52H,22-28H2,1H3/t29-,40+,41+,44+/m1/s1. The molecule has 0 spiro atoms. The van der Waals surface area contributed by atoms with Crippen LogP contribution in [-0.2, 0) is 28.2 Å². The number of rotatable bonds is 9. The average Bonchev–Trinajstić information content (AvgIpc) is 3.45. The minimum atomic E-state index is -0.895. The molecule has 0 unspecified atom stereocenters. The third-order valence-electron chi connectivity index (χ3n) is 11.3. The summed E-state index contributed by atoms with van der Waals surface area (Å²) in [6.45, 7) is 4.44. The number of hydrogen-bond donors (Lipinski definition) is 2. The van der Waals surface area contributed by atoms with Crippen LogP contribution in [0.5, 0.6) is 0 Å². The second-order valence-electron chi connectivity index (χ2n) is 14.7. The SMILES string of the molecule is C[C@@H]1[C@H](CN2CCC(O)(c3ccc(Cl)cc3)CC2)O[C@H](c2ccc(-c3ccccc3CN3C(=O)c4ccccc4C3=O)cc2)O[C@@H]1c1ccc(CO)cc1. The highest BCUT2D eigenvalue weighted by Gasteiger charge is 2.41. The second kappa shape index (κ2) is 15.2. The molecule has 9 heteroatoms. The Labute approximate surface area is 320 Å². The van der Waals surface area contributed by atoms with Gasteiger partial charge in [-0.05, 0) is 70.5 Å². The van der Waals surface area contributed by atoms with Gasteiger partial charge in [0.1, 0.15) is 0 Å². The molecule has 2 N–H and O–H groups in total. The molecular formula is C45H43ClN2O6. The lowest BCUT2D eigenvalue weighted by Gasteiger charge is -2.45. The van der Waals surface area contributed by atoms with Gasteiger partial charge < -0.3 is 24.6 Å². The van der Waals surface area contributed by atoms with Crippen molar-refractivity contribution in [3.63, 3.8) is 0 Å². The van der Waals surface area contributed by atoms with E-state index in [1.165, 1.54) is 4.90 Å². The molecule has 0 aromatic heterocycles. The van der Waals surface area contributed by atoms with E-state index in [1.54, 1.807) is 24.3 Å². The number of ether oxygens (including phenoxy) is 2. The van der Waals surface area contributed by atoms with E-state index in [1.807, 2.05) is 97.1 Å². The van der Waals surface area contributed by atoms with Crippen molar-refractivity contribution < 1.29 is 29.3 Å². The summed E-state index contributed by atoms with van der Waals surface area (Å²) in [5.74, 6) is -0.538. The van der Waals surface area contributed by atoms with Crippen LogP contribution in [0.2, 0.25) is 5.02 Å². The molecule has 54 heavy (non-hydrogen) atoms. The van der Waals surface area contributed by atoms with E-state index in [2.05, 4.69) is 11.8 Å². The number of aliphatic hydroxyl groups excluding tert-OH is 1. The second-order valence-corrected chi connectivity index (χ2v) is 15.1. The van der Waals surface area contributed by atoms with Gasteiger partial charge in [-0.25, -0.2) is 0 Å². The van der Waals surface area contributed by atoms with Crippen molar-refractivity contribution >= 4 is 23.4 Å². The molecule has 0 radical (unpaired) electrons. The van der Waals surface area contributed by atoms with Crippen LogP contribution in [0, 0.1) is 5.92 Å². The average molecular weight is 743 g/mol. The number of carbonyl (C=O) groups excluding carboxylic acids is 2. The molecule has 2 saturated heterocycles. The largest absolute Gasteiger partial charge is 0.392 e. The first kappa shape index (κ1) is 36.3. The maximum atomic E-state index is 13.2. The van der Waals surface area contributed by atoms with Gasteiger partial charge >= 0.3 is 0 Å². The summed E-state index contributed by atoms with van der Waals surface area (Å²) in [5.41, 5.74) is 6.36. The van der Waals surface area contributed by atoms with Gasteiger partial charge in [0.25, 0.3) is 11.8 Å². The molecule has 2 fully saturated rings. The third kappa shape index (κ3) is 7.13. The third-order valence-corrected chi connectivity index (χ3v) is 11.6. The van der Waals surface area contributed by atoms with Gasteiger partial charge in [-0.1, -0.05) is 116 Å². The Hall–Kier alpha value is -4.67. The lowest BCUT2D eigenvalue weighted by atomic mass is 9.84. The van der Waals surface area contributed by atoms with E-state index in [0.717, 1.165) is 52.0 Å². The molecule has 3 heterocycles. The van der Waals surface area contributed by atoms with Crippen LogP contribution in [-0.4, -0.2) is 57.6 Å². The van der Waals surface area contributed by atoms with E-state index >= 15 is 0 Å². The Morgan fingerprint density at radius 3 is 1.96 bits per heavy atom. The van der Waals surface area contributed by atoms with E-state index in [0.29, 0.717) is 35.5 Å². The Kier molecular flexibility index (Phi) is 10.2. The van der Waals surface area contributed by atoms with Gasteiger partial charge in [-0.15, -0.1) is 0 Å². The molecule has 4 atom stereocenters. The predicted molar refractivity (Wildman–Crippen MR) is 207 cm³/mol. The Bertz CT molecular complexity index is 2090. The van der Waals surface area contributed by atoms with Crippen LogP contribution in [0.1, 0.15) is 80.7 Å². The number of fused-ring (bicyclic) bond motifs is 1. The number of halogens is 1. The lowest BCUT2D eigenvalue weighted by Crippen LogP contribution is -2.49. The summed E-state index contributed by atoms with van der Waals surface area (Å²) in [7, 11) is 0. The monoisotopic (exact) mass is 742 g/mol. The van der Waals surface area contributed by atoms with Gasteiger partial charge in [-0.3, -0.25) is 14.5 Å². The molecule has 2 amide bonds. The van der Waals surface area contributed by atoms with Crippen LogP contribution in [0.4, 0.5) is 0 Å². The van der Waals surface area contributed by atoms with Crippen LogP contribution in [0.3, 0.4) is 0 Å². The van der Waals surface area contributed by atoms with Crippen molar-refractivity contribution in [3.8, 4) is 11.1 Å². The number of hydrogen-bond acceptors (Lipinski definition) is 7. The highest BCUT2D eigenvalue weighted by Crippen LogP contribution is 2.43. The van der Waals surface area contributed by atoms with Crippen molar-refractivity contribution in [1.82, 2.24) is 9.80 Å². The van der Waals surface area contributed by atoms with Crippen LogP contribution >= 0.6 is 11.6 Å². The molecule has 0 aliphatic carbocycles. The van der Waals surface area contributed by atoms with E-state index in [-0.39, 0.29) is 43.1 Å². The van der Waals surface area contributed by atoms with Crippen LogP contribution < -0.4 is 0 Å². The molecule has 3 aliphatic heterocycles. The number of imide groups is 1. The first-order chi connectivity index (χ1) is 26.2. The molecule has 0 bridgehead atoms. The number of amides is 2. The summed E-state index contributed by atoms with van der Waals surface area (Å²) < 4.78 is 13.5. The van der Waals surface area contributed by atoms with Gasteiger partial charge in [0.05, 0.1) is 42.1 Å². The maximum absolute atomic E-state index is 13.2. The Morgan fingerprint density at radius 2 is 1.33 bits per heavy atom. The maximum Gasteiger partial charge on any atom is 0.261 e. The highest BCUT2D eigenvalue weighted by atomic mass is 35.5. The van der Waals surface area contributed by atoms with E-state index in [4.69, 9.17) is 21.1 Å². The minimum Gasteiger partial charge on any atom is -0.392 e. The van der Waals surface area contributed by atoms with E-state index < -0.39 is 11.9 Å². The molecule has 276 valence electrons. The predicted octanol–water partition coefficient (Wildman–Crippen LogP) is 8.07. The lowest BCUT2D eigenvalue weighted by molar-refractivity contribution is -0.277. The van der Waals surface area contributed by atoms with Gasteiger partial charge in [-0.2, -0.15) is 0 Å². The zero-order valence-corrected chi connectivity index (χ0v) is 30.9. The minimum absolute atomic E-state index is 0.0200. The zero-order chi connectivity index (χ0) is 37.4. The number of nitrogens with zero attached hydrogens (tertiary/aromatic N) is 2. The molecule has 0 saturated carbocycles. The zero-order valence-electron chi connectivity index (χ0n) is 30.1. The molecule has 8 rings (SSSR count). The van der Waals surface area contributed by atoms with Crippen molar-refractivity contribution in [1.29, 1.82) is 0 Å². The van der Waals surface area contributed by atoms with E-state index in [9.17, 15) is 19.8 Å². The van der Waals surface area contributed by atoms with Gasteiger partial charge in [0, 0.05) is 36.1 Å². The summed E-state index contributed by atoms with van der Waals surface area (Å²) in [6.07, 6.45) is 0.174. The van der Waals surface area contributed by atoms with Crippen LogP contribution in [0.15, 0.2) is 121 Å². The normalized spacial score (nSPS) is 22.7. The molecule has 5 aromatic carbocycles. The quantitative estimate of drug-likeness (QED) is 0.147.